The van der Waals surface area contributed by atoms with Gasteiger partial charge in [-0.25, -0.2) is 0 Å². The van der Waals surface area contributed by atoms with E-state index in [9.17, 15) is 9.59 Å². The average Bonchev–Trinajstić information content (AvgIpc) is 3.23. The molecule has 0 radical (unpaired) electrons. The van der Waals surface area contributed by atoms with Crippen LogP contribution in [0.5, 0.6) is 0 Å². The van der Waals surface area contributed by atoms with E-state index in [2.05, 4.69) is 16.3 Å². The maximum atomic E-state index is 13.1. The Kier molecular flexibility index (Phi) is 5.37. The lowest BCUT2D eigenvalue weighted by Gasteiger charge is -2.26. The van der Waals surface area contributed by atoms with Gasteiger partial charge in [-0.2, -0.15) is 0 Å². The van der Waals surface area contributed by atoms with E-state index in [1.54, 1.807) is 4.90 Å². The van der Waals surface area contributed by atoms with Crippen molar-refractivity contribution in [3.8, 4) is 0 Å². The van der Waals surface area contributed by atoms with Crippen molar-refractivity contribution in [1.29, 1.82) is 0 Å². The number of fused-ring (bicyclic) bond motifs is 1. The summed E-state index contributed by atoms with van der Waals surface area (Å²) in [5.74, 6) is -0.0318. The van der Waals surface area contributed by atoms with Crippen molar-refractivity contribution < 1.29 is 14.3 Å². The Morgan fingerprint density at radius 2 is 2.00 bits per heavy atom. The minimum absolute atomic E-state index is 0.0939. The predicted molar refractivity (Wildman–Crippen MR) is 109 cm³/mol. The van der Waals surface area contributed by atoms with Crippen LogP contribution in [0.3, 0.4) is 0 Å². The van der Waals surface area contributed by atoms with Crippen LogP contribution < -0.4 is 10.2 Å². The lowest BCUT2D eigenvalue weighted by Crippen LogP contribution is -2.41. The summed E-state index contributed by atoms with van der Waals surface area (Å²) in [6, 6.07) is 6.14. The number of benzene rings is 1. The number of hydrogen-bond acceptors (Lipinski definition) is 4. The molecule has 0 unspecified atom stereocenters. The molecule has 0 spiro atoms. The number of ether oxygens (including phenoxy) is 1. The standard InChI is InChI=1S/C21H28N4O3/c1-15-5-6-17-16(14-15)19(25-8-3-4-18(25)26)20(23(17)2)21(27)22-7-9-24-10-12-28-13-11-24/h5-6,14H,3-4,7-13H2,1-2H3,(H,22,27). The maximum absolute atomic E-state index is 13.1. The van der Waals surface area contributed by atoms with Crippen LogP contribution in [-0.2, 0) is 16.6 Å². The van der Waals surface area contributed by atoms with Crippen LogP contribution in [0, 0.1) is 6.92 Å². The molecule has 1 N–H and O–H groups in total. The smallest absolute Gasteiger partial charge is 0.270 e. The topological polar surface area (TPSA) is 66.8 Å². The van der Waals surface area contributed by atoms with Gasteiger partial charge in [0.1, 0.15) is 5.69 Å². The third-order valence-corrected chi connectivity index (χ3v) is 5.70. The summed E-state index contributed by atoms with van der Waals surface area (Å²) in [4.78, 5) is 29.7. The molecule has 4 rings (SSSR count). The van der Waals surface area contributed by atoms with Crippen molar-refractivity contribution in [2.45, 2.75) is 19.8 Å². The number of aromatic nitrogens is 1. The third kappa shape index (κ3) is 3.52. The summed E-state index contributed by atoms with van der Waals surface area (Å²) in [5, 5.41) is 4.03. The second-order valence-electron chi connectivity index (χ2n) is 7.64. The molecule has 3 heterocycles. The second kappa shape index (κ2) is 7.93. The summed E-state index contributed by atoms with van der Waals surface area (Å²) >= 11 is 0. The van der Waals surface area contributed by atoms with E-state index >= 15 is 0 Å². The summed E-state index contributed by atoms with van der Waals surface area (Å²) in [6.07, 6.45) is 1.37. The fourth-order valence-electron chi connectivity index (χ4n) is 4.19. The summed E-state index contributed by atoms with van der Waals surface area (Å²) in [6.45, 7) is 7.37. The summed E-state index contributed by atoms with van der Waals surface area (Å²) < 4.78 is 7.28. The number of anilines is 1. The van der Waals surface area contributed by atoms with E-state index < -0.39 is 0 Å². The first kappa shape index (κ1) is 19.0. The van der Waals surface area contributed by atoms with Gasteiger partial charge in [0, 0.05) is 51.6 Å². The molecule has 150 valence electrons. The van der Waals surface area contributed by atoms with Gasteiger partial charge in [0.15, 0.2) is 0 Å². The van der Waals surface area contributed by atoms with Crippen LogP contribution in [0.4, 0.5) is 5.69 Å². The number of morpholine rings is 1. The average molecular weight is 384 g/mol. The quantitative estimate of drug-likeness (QED) is 0.852. The van der Waals surface area contributed by atoms with Crippen LogP contribution in [-0.4, -0.2) is 67.2 Å². The van der Waals surface area contributed by atoms with Crippen LogP contribution in [0.2, 0.25) is 0 Å². The molecule has 0 atom stereocenters. The highest BCUT2D eigenvalue weighted by Gasteiger charge is 2.31. The van der Waals surface area contributed by atoms with Gasteiger partial charge < -0.3 is 19.5 Å². The van der Waals surface area contributed by atoms with Gasteiger partial charge in [-0.3, -0.25) is 14.5 Å². The van der Waals surface area contributed by atoms with Crippen molar-refractivity contribution in [2.24, 2.45) is 7.05 Å². The Morgan fingerprint density at radius 1 is 1.21 bits per heavy atom. The first-order valence-electron chi connectivity index (χ1n) is 10.0. The van der Waals surface area contributed by atoms with Crippen LogP contribution in [0.1, 0.15) is 28.9 Å². The SMILES string of the molecule is Cc1ccc2c(c1)c(N1CCCC1=O)c(C(=O)NCCN1CCOCC1)n2C. The van der Waals surface area contributed by atoms with Crippen LogP contribution >= 0.6 is 0 Å². The molecule has 1 aromatic carbocycles. The Morgan fingerprint density at radius 3 is 2.71 bits per heavy atom. The largest absolute Gasteiger partial charge is 0.379 e. The molecule has 7 nitrogen and oxygen atoms in total. The molecule has 28 heavy (non-hydrogen) atoms. The van der Waals surface area contributed by atoms with E-state index in [1.807, 2.05) is 30.7 Å². The molecular weight excluding hydrogens is 356 g/mol. The molecule has 0 saturated carbocycles. The van der Waals surface area contributed by atoms with Gasteiger partial charge in [-0.15, -0.1) is 0 Å². The Labute approximate surface area is 165 Å². The number of carbonyl (C=O) groups excluding carboxylic acids is 2. The number of nitrogens with one attached hydrogen (secondary N) is 1. The summed E-state index contributed by atoms with van der Waals surface area (Å²) in [5.41, 5.74) is 3.41. The Hall–Kier alpha value is -2.38. The van der Waals surface area contributed by atoms with Gasteiger partial charge in [-0.1, -0.05) is 11.6 Å². The fourth-order valence-corrected chi connectivity index (χ4v) is 4.19. The molecule has 2 amide bonds. The zero-order valence-electron chi connectivity index (χ0n) is 16.7. The fraction of sp³-hybridized carbons (Fsp3) is 0.524. The highest BCUT2D eigenvalue weighted by Crippen LogP contribution is 2.36. The molecule has 2 aromatic rings. The zero-order valence-corrected chi connectivity index (χ0v) is 16.7. The third-order valence-electron chi connectivity index (χ3n) is 5.70. The first-order valence-corrected chi connectivity index (χ1v) is 10.0. The van der Waals surface area contributed by atoms with Crippen molar-refractivity contribution in [3.63, 3.8) is 0 Å². The van der Waals surface area contributed by atoms with E-state index in [1.165, 1.54) is 0 Å². The highest BCUT2D eigenvalue weighted by molar-refractivity contribution is 6.14. The highest BCUT2D eigenvalue weighted by atomic mass is 16.5. The second-order valence-corrected chi connectivity index (χ2v) is 7.64. The number of nitrogens with zero attached hydrogens (tertiary/aromatic N) is 3. The van der Waals surface area contributed by atoms with E-state index in [0.29, 0.717) is 25.2 Å². The van der Waals surface area contributed by atoms with Gasteiger partial charge in [0.2, 0.25) is 5.91 Å². The van der Waals surface area contributed by atoms with E-state index in [4.69, 9.17) is 4.74 Å². The van der Waals surface area contributed by atoms with Crippen molar-refractivity contribution in [2.75, 3.05) is 50.8 Å². The molecule has 0 bridgehead atoms. The van der Waals surface area contributed by atoms with Crippen molar-refractivity contribution in [3.05, 3.63) is 29.5 Å². The Bertz CT molecular complexity index is 899. The number of amides is 2. The van der Waals surface area contributed by atoms with Crippen molar-refractivity contribution in [1.82, 2.24) is 14.8 Å². The Balaban J connectivity index is 1.62. The molecule has 1 aromatic heterocycles. The predicted octanol–water partition coefficient (Wildman–Crippen LogP) is 1.68. The van der Waals surface area contributed by atoms with Crippen LogP contribution in [0.25, 0.3) is 10.9 Å². The minimum Gasteiger partial charge on any atom is -0.379 e. The van der Waals surface area contributed by atoms with Gasteiger partial charge in [0.05, 0.1) is 24.4 Å². The number of carbonyl (C=O) groups is 2. The minimum atomic E-state index is -0.126. The van der Waals surface area contributed by atoms with Gasteiger partial charge in [-0.05, 0) is 25.5 Å². The lowest BCUT2D eigenvalue weighted by molar-refractivity contribution is -0.117. The molecule has 7 heteroatoms. The number of hydrogen-bond donors (Lipinski definition) is 1. The number of aryl methyl sites for hydroxylation is 2. The van der Waals surface area contributed by atoms with E-state index in [0.717, 1.165) is 61.4 Å². The molecule has 2 aliphatic rings. The van der Waals surface area contributed by atoms with Crippen molar-refractivity contribution >= 4 is 28.4 Å². The molecule has 2 saturated heterocycles. The normalized spacial score (nSPS) is 18.2. The summed E-state index contributed by atoms with van der Waals surface area (Å²) in [7, 11) is 1.90. The zero-order chi connectivity index (χ0) is 19.7. The molecular formula is C21H28N4O3. The van der Waals surface area contributed by atoms with E-state index in [-0.39, 0.29) is 11.8 Å². The maximum Gasteiger partial charge on any atom is 0.270 e. The molecule has 0 aliphatic carbocycles. The first-order chi connectivity index (χ1) is 13.6. The lowest BCUT2D eigenvalue weighted by atomic mass is 10.1. The van der Waals surface area contributed by atoms with Gasteiger partial charge >= 0.3 is 0 Å². The van der Waals surface area contributed by atoms with Crippen LogP contribution in [0.15, 0.2) is 18.2 Å². The monoisotopic (exact) mass is 384 g/mol. The van der Waals surface area contributed by atoms with Gasteiger partial charge in [0.25, 0.3) is 5.91 Å². The molecule has 2 aliphatic heterocycles. The molecule has 2 fully saturated rings. The number of rotatable bonds is 5.